The van der Waals surface area contributed by atoms with Crippen LogP contribution in [-0.2, 0) is 0 Å². The number of nitrogen functional groups attached to an aromatic ring is 1. The van der Waals surface area contributed by atoms with Gasteiger partial charge in [-0.25, -0.2) is 4.39 Å². The predicted molar refractivity (Wildman–Crippen MR) is 72.0 cm³/mol. The number of aryl methyl sites for hydroxylation is 1. The summed E-state index contributed by atoms with van der Waals surface area (Å²) >= 11 is 0. The molecule has 0 unspecified atom stereocenters. The van der Waals surface area contributed by atoms with Crippen molar-refractivity contribution in [3.8, 4) is 5.75 Å². The van der Waals surface area contributed by atoms with Crippen LogP contribution in [0.15, 0.2) is 36.4 Å². The van der Waals surface area contributed by atoms with Crippen molar-refractivity contribution in [2.75, 3.05) is 12.8 Å². The first-order chi connectivity index (χ1) is 9.04. The van der Waals surface area contributed by atoms with E-state index < -0.39 is 11.6 Å². The Balaban J connectivity index is 2.53. The summed E-state index contributed by atoms with van der Waals surface area (Å²) in [6.45, 7) is 1.85. The fourth-order valence-electron chi connectivity index (χ4n) is 1.86. The molecule has 2 N–H and O–H groups in total. The van der Waals surface area contributed by atoms with E-state index in [0.717, 1.165) is 5.56 Å². The lowest BCUT2D eigenvalue weighted by Gasteiger charge is -2.09. The van der Waals surface area contributed by atoms with Gasteiger partial charge in [0.1, 0.15) is 0 Å². The predicted octanol–water partition coefficient (Wildman–Crippen LogP) is 2.96. The lowest BCUT2D eigenvalue weighted by Crippen LogP contribution is -2.08. The summed E-state index contributed by atoms with van der Waals surface area (Å²) in [5, 5.41) is 0. The van der Waals surface area contributed by atoms with Crippen LogP contribution in [0.2, 0.25) is 0 Å². The number of nitrogens with two attached hydrogens (primary N) is 1. The maximum absolute atomic E-state index is 14.1. The normalized spacial score (nSPS) is 10.3. The topological polar surface area (TPSA) is 52.3 Å². The number of rotatable bonds is 3. The van der Waals surface area contributed by atoms with Crippen molar-refractivity contribution in [3.63, 3.8) is 0 Å². The van der Waals surface area contributed by atoms with Gasteiger partial charge in [0.15, 0.2) is 17.3 Å². The first kappa shape index (κ1) is 13.1. The van der Waals surface area contributed by atoms with Crippen LogP contribution >= 0.6 is 0 Å². The van der Waals surface area contributed by atoms with Crippen molar-refractivity contribution in [1.29, 1.82) is 0 Å². The molecule has 2 aromatic rings. The number of methoxy groups -OCH3 is 1. The zero-order chi connectivity index (χ0) is 14.0. The van der Waals surface area contributed by atoms with Crippen LogP contribution in [0.4, 0.5) is 10.1 Å². The number of benzene rings is 2. The van der Waals surface area contributed by atoms with Crippen LogP contribution in [0.3, 0.4) is 0 Å². The number of halogens is 1. The molecule has 0 aliphatic rings. The lowest BCUT2D eigenvalue weighted by atomic mass is 9.99. The number of carbonyl (C=O) groups is 1. The molecule has 4 heteroatoms. The van der Waals surface area contributed by atoms with Gasteiger partial charge in [-0.05, 0) is 31.2 Å². The third-order valence-electron chi connectivity index (χ3n) is 2.88. The maximum Gasteiger partial charge on any atom is 0.198 e. The lowest BCUT2D eigenvalue weighted by molar-refractivity contribution is 0.103. The standard InChI is InChI=1S/C15H14FNO2/c1-9-6-7-12(17)11(8-9)15(18)10-4-3-5-13(19-2)14(10)16/h3-8H,17H2,1-2H3. The van der Waals surface area contributed by atoms with E-state index in [9.17, 15) is 9.18 Å². The summed E-state index contributed by atoms with van der Waals surface area (Å²) < 4.78 is 18.9. The average molecular weight is 259 g/mol. The quantitative estimate of drug-likeness (QED) is 0.681. The van der Waals surface area contributed by atoms with Gasteiger partial charge in [-0.15, -0.1) is 0 Å². The second-order valence-electron chi connectivity index (χ2n) is 4.24. The van der Waals surface area contributed by atoms with E-state index in [4.69, 9.17) is 10.5 Å². The molecule has 0 saturated heterocycles. The molecule has 0 aliphatic heterocycles. The monoisotopic (exact) mass is 259 g/mol. The minimum absolute atomic E-state index is 0.0390. The second-order valence-corrected chi connectivity index (χ2v) is 4.24. The van der Waals surface area contributed by atoms with Gasteiger partial charge in [0.25, 0.3) is 0 Å². The number of ketones is 1. The van der Waals surface area contributed by atoms with Crippen LogP contribution < -0.4 is 10.5 Å². The van der Waals surface area contributed by atoms with E-state index in [-0.39, 0.29) is 11.3 Å². The third-order valence-corrected chi connectivity index (χ3v) is 2.88. The summed E-state index contributed by atoms with van der Waals surface area (Å²) in [5.41, 5.74) is 7.25. The molecule has 0 aliphatic carbocycles. The Kier molecular flexibility index (Phi) is 3.51. The van der Waals surface area contributed by atoms with Gasteiger partial charge in [-0.3, -0.25) is 4.79 Å². The molecule has 2 aromatic carbocycles. The van der Waals surface area contributed by atoms with Gasteiger partial charge in [-0.1, -0.05) is 17.7 Å². The van der Waals surface area contributed by atoms with Crippen LogP contribution in [0.1, 0.15) is 21.5 Å². The fourth-order valence-corrected chi connectivity index (χ4v) is 1.86. The summed E-state index contributed by atoms with van der Waals surface area (Å²) in [5.74, 6) is -1.08. The number of anilines is 1. The largest absolute Gasteiger partial charge is 0.494 e. The molecule has 2 rings (SSSR count). The highest BCUT2D eigenvalue weighted by atomic mass is 19.1. The van der Waals surface area contributed by atoms with E-state index >= 15 is 0 Å². The molecular formula is C15H14FNO2. The fraction of sp³-hybridized carbons (Fsp3) is 0.133. The highest BCUT2D eigenvalue weighted by Crippen LogP contribution is 2.24. The number of carbonyl (C=O) groups excluding carboxylic acids is 1. The first-order valence-corrected chi connectivity index (χ1v) is 5.78. The van der Waals surface area contributed by atoms with Crippen LogP contribution in [0.25, 0.3) is 0 Å². The van der Waals surface area contributed by atoms with Crippen LogP contribution in [0.5, 0.6) is 5.75 Å². The van der Waals surface area contributed by atoms with E-state index in [0.29, 0.717) is 11.3 Å². The zero-order valence-corrected chi connectivity index (χ0v) is 10.7. The highest BCUT2D eigenvalue weighted by molar-refractivity contribution is 6.12. The van der Waals surface area contributed by atoms with Crippen molar-refractivity contribution in [3.05, 3.63) is 58.9 Å². The Labute approximate surface area is 110 Å². The van der Waals surface area contributed by atoms with Gasteiger partial charge < -0.3 is 10.5 Å². The van der Waals surface area contributed by atoms with Gasteiger partial charge in [0.2, 0.25) is 0 Å². The SMILES string of the molecule is COc1cccc(C(=O)c2cc(C)ccc2N)c1F. The molecule has 19 heavy (non-hydrogen) atoms. The van der Waals surface area contributed by atoms with Gasteiger partial charge >= 0.3 is 0 Å². The molecule has 0 atom stereocenters. The summed E-state index contributed by atoms with van der Waals surface area (Å²) in [6.07, 6.45) is 0. The highest BCUT2D eigenvalue weighted by Gasteiger charge is 2.19. The van der Waals surface area contributed by atoms with Crippen molar-refractivity contribution in [1.82, 2.24) is 0 Å². The Morgan fingerprint density at radius 2 is 1.95 bits per heavy atom. The van der Waals surface area contributed by atoms with Crippen molar-refractivity contribution < 1.29 is 13.9 Å². The summed E-state index contributed by atoms with van der Waals surface area (Å²) in [6, 6.07) is 9.54. The molecule has 0 amide bonds. The smallest absolute Gasteiger partial charge is 0.198 e. The third kappa shape index (κ3) is 2.42. The Hall–Kier alpha value is -2.36. The molecule has 0 fully saturated rings. The average Bonchev–Trinajstić information content (AvgIpc) is 2.41. The Bertz CT molecular complexity index is 638. The number of hydrogen-bond acceptors (Lipinski definition) is 3. The minimum atomic E-state index is -0.670. The van der Waals surface area contributed by atoms with Crippen LogP contribution in [-0.4, -0.2) is 12.9 Å². The van der Waals surface area contributed by atoms with E-state index in [1.165, 1.54) is 19.2 Å². The van der Waals surface area contributed by atoms with Crippen molar-refractivity contribution in [2.45, 2.75) is 6.92 Å². The molecule has 3 nitrogen and oxygen atoms in total. The van der Waals surface area contributed by atoms with E-state index in [1.54, 1.807) is 24.3 Å². The first-order valence-electron chi connectivity index (χ1n) is 5.78. The molecule has 98 valence electrons. The van der Waals surface area contributed by atoms with Gasteiger partial charge in [0, 0.05) is 11.3 Å². The molecule has 0 spiro atoms. The number of ether oxygens (including phenoxy) is 1. The molecule has 0 bridgehead atoms. The zero-order valence-electron chi connectivity index (χ0n) is 10.7. The Morgan fingerprint density at radius 3 is 2.63 bits per heavy atom. The van der Waals surface area contributed by atoms with Crippen molar-refractivity contribution in [2.24, 2.45) is 0 Å². The molecule has 0 heterocycles. The molecular weight excluding hydrogens is 245 g/mol. The maximum atomic E-state index is 14.1. The second kappa shape index (κ2) is 5.10. The van der Waals surface area contributed by atoms with Gasteiger partial charge in [-0.2, -0.15) is 0 Å². The van der Waals surface area contributed by atoms with E-state index in [1.807, 2.05) is 6.92 Å². The number of hydrogen-bond donors (Lipinski definition) is 1. The van der Waals surface area contributed by atoms with E-state index in [2.05, 4.69) is 0 Å². The molecule has 0 saturated carbocycles. The Morgan fingerprint density at radius 1 is 1.21 bits per heavy atom. The van der Waals surface area contributed by atoms with Crippen LogP contribution in [0, 0.1) is 12.7 Å². The van der Waals surface area contributed by atoms with Crippen molar-refractivity contribution >= 4 is 11.5 Å². The minimum Gasteiger partial charge on any atom is -0.494 e. The summed E-state index contributed by atoms with van der Waals surface area (Å²) in [4.78, 5) is 12.3. The summed E-state index contributed by atoms with van der Waals surface area (Å²) in [7, 11) is 1.35. The molecule has 0 radical (unpaired) electrons. The molecule has 0 aromatic heterocycles. The van der Waals surface area contributed by atoms with Gasteiger partial charge in [0.05, 0.1) is 12.7 Å².